The third-order valence-electron chi connectivity index (χ3n) is 9.30. The molecule has 1 amide bonds. The molecule has 0 radical (unpaired) electrons. The molecule has 2 aromatic carbocycles. The average Bonchev–Trinajstić information content (AvgIpc) is 3.62. The molecule has 4 aliphatic rings. The maximum atomic E-state index is 13.4. The molecule has 2 aliphatic carbocycles. The Morgan fingerprint density at radius 2 is 1.92 bits per heavy atom. The van der Waals surface area contributed by atoms with Crippen LogP contribution in [0.1, 0.15) is 49.8 Å². The van der Waals surface area contributed by atoms with Gasteiger partial charge in [0.2, 0.25) is 0 Å². The van der Waals surface area contributed by atoms with E-state index in [0.717, 1.165) is 29.8 Å². The van der Waals surface area contributed by atoms with Crippen LogP contribution in [0.5, 0.6) is 11.5 Å². The summed E-state index contributed by atoms with van der Waals surface area (Å²) < 4.78 is 6.33. The summed E-state index contributed by atoms with van der Waals surface area (Å²) in [6.07, 6.45) is 2.71. The predicted octanol–water partition coefficient (Wildman–Crippen LogP) is 3.67. The van der Waals surface area contributed by atoms with Gasteiger partial charge in [-0.1, -0.05) is 36.4 Å². The number of ether oxygens (including phenoxy) is 1. The number of phenols is 1. The van der Waals surface area contributed by atoms with Crippen molar-refractivity contribution < 1.29 is 24.9 Å². The van der Waals surface area contributed by atoms with Crippen LogP contribution in [-0.2, 0) is 23.2 Å². The fourth-order valence-corrected chi connectivity index (χ4v) is 7.09. The monoisotopic (exact) mass is 504 g/mol. The highest BCUT2D eigenvalue weighted by molar-refractivity contribution is 5.93. The van der Waals surface area contributed by atoms with Crippen LogP contribution in [0.15, 0.2) is 53.8 Å². The van der Waals surface area contributed by atoms with Crippen molar-refractivity contribution >= 4 is 5.91 Å². The van der Waals surface area contributed by atoms with Crippen LogP contribution >= 0.6 is 0 Å². The van der Waals surface area contributed by atoms with Crippen molar-refractivity contribution in [1.82, 2.24) is 9.80 Å². The molecule has 2 aliphatic heterocycles. The van der Waals surface area contributed by atoms with E-state index in [1.165, 1.54) is 12.8 Å². The number of aromatic hydroxyl groups is 1. The van der Waals surface area contributed by atoms with E-state index in [1.54, 1.807) is 24.9 Å². The minimum atomic E-state index is -1.23. The van der Waals surface area contributed by atoms with Gasteiger partial charge < -0.3 is 25.0 Å². The second-order valence-electron chi connectivity index (χ2n) is 11.6. The number of carbonyl (C=O) groups is 1. The van der Waals surface area contributed by atoms with Gasteiger partial charge in [-0.25, -0.2) is 0 Å². The van der Waals surface area contributed by atoms with Gasteiger partial charge in [-0.15, -0.1) is 0 Å². The van der Waals surface area contributed by atoms with Crippen molar-refractivity contribution in [1.29, 1.82) is 0 Å². The van der Waals surface area contributed by atoms with Gasteiger partial charge in [0.15, 0.2) is 17.6 Å². The zero-order valence-electron chi connectivity index (χ0n) is 21.8. The van der Waals surface area contributed by atoms with Crippen LogP contribution in [0.2, 0.25) is 0 Å². The molecule has 4 atom stereocenters. The lowest BCUT2D eigenvalue weighted by atomic mass is 9.53. The SMILES string of the molecule is C/C(C(=O)N(C)Cc1ccccc1)=C(/O)[C@@H]1Oc2c(O)ccc3c2[C@@]12CCN(CC1CC1)[C@H](C3)[C@@]2(C)O. The lowest BCUT2D eigenvalue weighted by Crippen LogP contribution is -2.73. The van der Waals surface area contributed by atoms with Gasteiger partial charge in [0.05, 0.1) is 16.6 Å². The van der Waals surface area contributed by atoms with Crippen molar-refractivity contribution in [3.8, 4) is 11.5 Å². The smallest absolute Gasteiger partial charge is 0.253 e. The molecule has 0 unspecified atom stereocenters. The average molecular weight is 505 g/mol. The molecule has 2 heterocycles. The van der Waals surface area contributed by atoms with Crippen LogP contribution in [0, 0.1) is 5.92 Å². The highest BCUT2D eigenvalue weighted by Crippen LogP contribution is 2.63. The van der Waals surface area contributed by atoms with Gasteiger partial charge >= 0.3 is 0 Å². The number of amides is 1. The standard InChI is InChI=1S/C30H36N2O5/c1-18(28(35)31(3)16-19-7-5-4-6-8-19)25(34)27-30-13-14-32(17-20-9-10-20)23(29(30,2)36)15-21-11-12-22(33)26(37-27)24(21)30/h4-8,11-12,20,23,27,33-34,36H,9-10,13-17H2,1-3H3/b25-18-/t23-,27+,29-,30+/m1/s1. The van der Waals surface area contributed by atoms with Gasteiger partial charge in [0, 0.05) is 31.7 Å². The van der Waals surface area contributed by atoms with Crippen molar-refractivity contribution in [2.24, 2.45) is 5.92 Å². The molecule has 2 aromatic rings. The number of hydrogen-bond donors (Lipinski definition) is 3. The quantitative estimate of drug-likeness (QED) is 0.411. The highest BCUT2D eigenvalue weighted by atomic mass is 16.5. The number of piperidine rings is 1. The molecule has 2 bridgehead atoms. The molecule has 2 fully saturated rings. The minimum Gasteiger partial charge on any atom is -0.508 e. The van der Waals surface area contributed by atoms with E-state index in [-0.39, 0.29) is 29.0 Å². The topological polar surface area (TPSA) is 93.5 Å². The molecule has 7 nitrogen and oxygen atoms in total. The summed E-state index contributed by atoms with van der Waals surface area (Å²) in [5.74, 6) is 0.517. The predicted molar refractivity (Wildman–Crippen MR) is 139 cm³/mol. The normalized spacial score (nSPS) is 30.8. The summed E-state index contributed by atoms with van der Waals surface area (Å²) >= 11 is 0. The molecule has 7 heteroatoms. The summed E-state index contributed by atoms with van der Waals surface area (Å²) in [5, 5.41) is 34.7. The second kappa shape index (κ2) is 8.50. The summed E-state index contributed by atoms with van der Waals surface area (Å²) in [4.78, 5) is 17.4. The molecule has 3 N–H and O–H groups in total. The maximum absolute atomic E-state index is 13.4. The van der Waals surface area contributed by atoms with Crippen molar-refractivity contribution in [3.05, 3.63) is 70.5 Å². The zero-order valence-corrected chi connectivity index (χ0v) is 21.8. The highest BCUT2D eigenvalue weighted by Gasteiger charge is 2.69. The Kier molecular flexibility index (Phi) is 5.58. The van der Waals surface area contributed by atoms with Gasteiger partial charge in [0.25, 0.3) is 5.91 Å². The molecular weight excluding hydrogens is 468 g/mol. The number of likely N-dealkylation sites (tertiary alicyclic amines) is 1. The number of likely N-dealkylation sites (N-methyl/N-ethyl adjacent to an activating group) is 1. The van der Waals surface area contributed by atoms with Crippen LogP contribution in [-0.4, -0.2) is 68.9 Å². The number of aliphatic hydroxyl groups is 2. The Balaban J connectivity index is 1.39. The Hall–Kier alpha value is -3.03. The summed E-state index contributed by atoms with van der Waals surface area (Å²) in [7, 11) is 1.71. The maximum Gasteiger partial charge on any atom is 0.253 e. The molecule has 1 saturated heterocycles. The molecular formula is C30H36N2O5. The van der Waals surface area contributed by atoms with Crippen molar-refractivity contribution in [3.63, 3.8) is 0 Å². The number of hydrogen-bond acceptors (Lipinski definition) is 6. The fourth-order valence-electron chi connectivity index (χ4n) is 7.09. The first-order chi connectivity index (χ1) is 17.6. The summed E-state index contributed by atoms with van der Waals surface area (Å²) in [5.41, 5.74) is 0.793. The number of phenolic OH excluding ortho intramolecular Hbond substituents is 1. The first-order valence-corrected chi connectivity index (χ1v) is 13.3. The van der Waals surface area contributed by atoms with Crippen LogP contribution in [0.4, 0.5) is 0 Å². The fraction of sp³-hybridized carbons (Fsp3) is 0.500. The Labute approximate surface area is 218 Å². The number of fused-ring (bicyclic) bond motifs is 1. The van der Waals surface area contributed by atoms with Crippen LogP contribution < -0.4 is 4.74 Å². The van der Waals surface area contributed by atoms with E-state index in [1.807, 2.05) is 43.3 Å². The lowest BCUT2D eigenvalue weighted by Gasteiger charge is -2.59. The molecule has 196 valence electrons. The Morgan fingerprint density at radius 3 is 2.62 bits per heavy atom. The zero-order chi connectivity index (χ0) is 26.1. The first-order valence-electron chi connectivity index (χ1n) is 13.3. The third-order valence-corrected chi connectivity index (χ3v) is 9.30. The van der Waals surface area contributed by atoms with E-state index in [4.69, 9.17) is 4.74 Å². The van der Waals surface area contributed by atoms with E-state index in [0.29, 0.717) is 31.1 Å². The first kappa shape index (κ1) is 24.3. The van der Waals surface area contributed by atoms with E-state index >= 15 is 0 Å². The molecule has 0 aromatic heterocycles. The van der Waals surface area contributed by atoms with Crippen molar-refractivity contribution in [2.45, 2.75) is 69.2 Å². The molecule has 1 saturated carbocycles. The number of aliphatic hydroxyl groups excluding tert-OH is 1. The molecule has 1 spiro atoms. The van der Waals surface area contributed by atoms with Crippen LogP contribution in [0.3, 0.4) is 0 Å². The number of benzene rings is 2. The Morgan fingerprint density at radius 1 is 1.19 bits per heavy atom. The largest absolute Gasteiger partial charge is 0.508 e. The van der Waals surface area contributed by atoms with Gasteiger partial charge in [-0.05, 0) is 69.2 Å². The number of nitrogens with zero attached hydrogens (tertiary/aromatic N) is 2. The van der Waals surface area contributed by atoms with E-state index in [9.17, 15) is 20.1 Å². The minimum absolute atomic E-state index is 0.00624. The van der Waals surface area contributed by atoms with Gasteiger partial charge in [-0.2, -0.15) is 0 Å². The van der Waals surface area contributed by atoms with Crippen molar-refractivity contribution in [2.75, 3.05) is 20.1 Å². The second-order valence-corrected chi connectivity index (χ2v) is 11.6. The Bertz CT molecular complexity index is 1270. The van der Waals surface area contributed by atoms with E-state index < -0.39 is 17.1 Å². The lowest BCUT2D eigenvalue weighted by molar-refractivity contribution is -0.153. The third kappa shape index (κ3) is 3.58. The molecule has 37 heavy (non-hydrogen) atoms. The van der Waals surface area contributed by atoms with Crippen LogP contribution in [0.25, 0.3) is 0 Å². The van der Waals surface area contributed by atoms with Gasteiger partial charge in [-0.3, -0.25) is 9.69 Å². The van der Waals surface area contributed by atoms with Gasteiger partial charge in [0.1, 0.15) is 5.76 Å². The number of carbonyl (C=O) groups excluding carboxylic acids is 1. The molecule has 6 rings (SSSR count). The summed E-state index contributed by atoms with van der Waals surface area (Å²) in [6.45, 7) is 5.59. The van der Waals surface area contributed by atoms with E-state index in [2.05, 4.69) is 4.90 Å². The number of rotatable bonds is 6. The summed E-state index contributed by atoms with van der Waals surface area (Å²) in [6, 6.07) is 13.1.